The summed E-state index contributed by atoms with van der Waals surface area (Å²) in [5, 5.41) is 2.93. The zero-order valence-corrected chi connectivity index (χ0v) is 10.4. The molecule has 3 heteroatoms. The molecule has 0 aliphatic heterocycles. The number of Topliss-reactive ketones (excluding diaryl/α,β-unsaturated/α-hetero) is 1. The van der Waals surface area contributed by atoms with Gasteiger partial charge in [-0.1, -0.05) is 27.7 Å². The molecular weight excluding hydrogens is 188 g/mol. The van der Waals surface area contributed by atoms with Crippen LogP contribution in [0.2, 0.25) is 0 Å². The molecule has 0 fully saturated rings. The highest BCUT2D eigenvalue weighted by Crippen LogP contribution is 2.00. The van der Waals surface area contributed by atoms with Gasteiger partial charge in [-0.3, -0.25) is 9.78 Å². The third-order valence-corrected chi connectivity index (χ3v) is 1.20. The molecule has 0 aliphatic rings. The van der Waals surface area contributed by atoms with E-state index in [0.29, 0.717) is 6.54 Å². The van der Waals surface area contributed by atoms with Crippen LogP contribution in [0.15, 0.2) is 24.5 Å². The van der Waals surface area contributed by atoms with E-state index in [1.807, 2.05) is 39.8 Å². The first-order valence-corrected chi connectivity index (χ1v) is 5.42. The van der Waals surface area contributed by atoms with Crippen molar-refractivity contribution in [2.75, 3.05) is 11.9 Å². The number of carbonyl (C=O) groups is 1. The molecule has 0 spiro atoms. The van der Waals surface area contributed by atoms with Crippen LogP contribution in [-0.2, 0) is 4.79 Å². The average molecular weight is 210 g/mol. The lowest BCUT2D eigenvalue weighted by Gasteiger charge is -2.00. The Labute approximate surface area is 92.9 Å². The molecule has 0 bridgehead atoms. The van der Waals surface area contributed by atoms with Gasteiger partial charge in [0.2, 0.25) is 0 Å². The normalized spacial score (nSPS) is 7.53. The number of carbonyl (C=O) groups excluding carboxylic acids is 1. The number of anilines is 1. The minimum absolute atomic E-state index is 0.119. The summed E-state index contributed by atoms with van der Waals surface area (Å²) < 4.78 is 0. The number of ketones is 1. The Kier molecular flexibility index (Phi) is 13.5. The third-order valence-electron chi connectivity index (χ3n) is 1.20. The summed E-state index contributed by atoms with van der Waals surface area (Å²) in [6, 6.07) is 3.69. The van der Waals surface area contributed by atoms with Crippen molar-refractivity contribution in [1.29, 1.82) is 0 Å². The maximum absolute atomic E-state index is 10.5. The Balaban J connectivity index is 0. The first-order valence-electron chi connectivity index (χ1n) is 5.42. The first-order chi connectivity index (χ1) is 7.29. The van der Waals surface area contributed by atoms with E-state index < -0.39 is 0 Å². The molecule has 0 aromatic carbocycles. The molecule has 0 amide bonds. The predicted octanol–water partition coefficient (Wildman–Crippen LogP) is 3.13. The van der Waals surface area contributed by atoms with Gasteiger partial charge in [0.1, 0.15) is 5.78 Å². The van der Waals surface area contributed by atoms with Crippen molar-refractivity contribution >= 4 is 11.5 Å². The number of nitrogens with zero attached hydrogens (tertiary/aromatic N) is 1. The smallest absolute Gasteiger partial charge is 0.148 e. The second-order valence-electron chi connectivity index (χ2n) is 2.30. The Bertz CT molecular complexity index is 235. The van der Waals surface area contributed by atoms with Crippen LogP contribution in [-0.4, -0.2) is 17.3 Å². The van der Waals surface area contributed by atoms with E-state index in [0.717, 1.165) is 5.69 Å². The van der Waals surface area contributed by atoms with Gasteiger partial charge in [0.25, 0.3) is 0 Å². The molecule has 1 aromatic heterocycles. The van der Waals surface area contributed by atoms with Crippen molar-refractivity contribution in [3.63, 3.8) is 0 Å². The molecule has 1 aromatic rings. The van der Waals surface area contributed by atoms with Crippen molar-refractivity contribution in [3.8, 4) is 0 Å². The zero-order valence-electron chi connectivity index (χ0n) is 10.4. The van der Waals surface area contributed by atoms with Crippen molar-refractivity contribution in [2.45, 2.75) is 34.6 Å². The second-order valence-corrected chi connectivity index (χ2v) is 2.30. The van der Waals surface area contributed by atoms with E-state index in [4.69, 9.17) is 0 Å². The molecule has 0 radical (unpaired) electrons. The third kappa shape index (κ3) is 10.5. The SMILES string of the molecule is CC.CC.CC(=O)CNc1cccnc1. The number of hydrogen-bond acceptors (Lipinski definition) is 3. The fraction of sp³-hybridized carbons (Fsp3) is 0.500. The fourth-order valence-electron chi connectivity index (χ4n) is 0.694. The molecule has 1 heterocycles. The number of hydrogen-bond donors (Lipinski definition) is 1. The maximum atomic E-state index is 10.5. The Morgan fingerprint density at radius 3 is 2.33 bits per heavy atom. The van der Waals surface area contributed by atoms with Crippen LogP contribution >= 0.6 is 0 Å². The molecule has 0 unspecified atom stereocenters. The van der Waals surface area contributed by atoms with E-state index in [-0.39, 0.29) is 5.78 Å². The Morgan fingerprint density at radius 1 is 1.33 bits per heavy atom. The summed E-state index contributed by atoms with van der Waals surface area (Å²) in [5.74, 6) is 0.119. The molecule has 0 aliphatic carbocycles. The molecule has 0 saturated heterocycles. The highest BCUT2D eigenvalue weighted by atomic mass is 16.1. The van der Waals surface area contributed by atoms with Gasteiger partial charge in [0.15, 0.2) is 0 Å². The quantitative estimate of drug-likeness (QED) is 0.833. The Hall–Kier alpha value is -1.38. The van der Waals surface area contributed by atoms with Gasteiger partial charge < -0.3 is 5.32 Å². The van der Waals surface area contributed by atoms with Crippen molar-refractivity contribution in [1.82, 2.24) is 4.98 Å². The van der Waals surface area contributed by atoms with Crippen LogP contribution in [0.5, 0.6) is 0 Å². The van der Waals surface area contributed by atoms with Gasteiger partial charge in [-0.05, 0) is 19.1 Å². The average Bonchev–Trinajstić information content (AvgIpc) is 2.33. The molecule has 1 N–H and O–H groups in total. The highest BCUT2D eigenvalue weighted by Gasteiger charge is 1.91. The lowest BCUT2D eigenvalue weighted by atomic mass is 10.4. The van der Waals surface area contributed by atoms with Crippen molar-refractivity contribution in [2.24, 2.45) is 0 Å². The van der Waals surface area contributed by atoms with Gasteiger partial charge in [-0.2, -0.15) is 0 Å². The number of aromatic nitrogens is 1. The second kappa shape index (κ2) is 12.6. The minimum atomic E-state index is 0.119. The van der Waals surface area contributed by atoms with Gasteiger partial charge in [-0.25, -0.2) is 0 Å². The molecular formula is C12H22N2O. The van der Waals surface area contributed by atoms with Gasteiger partial charge in [-0.15, -0.1) is 0 Å². The van der Waals surface area contributed by atoms with E-state index in [1.54, 1.807) is 19.3 Å². The fourth-order valence-corrected chi connectivity index (χ4v) is 0.694. The van der Waals surface area contributed by atoms with E-state index in [1.165, 1.54) is 0 Å². The molecule has 15 heavy (non-hydrogen) atoms. The monoisotopic (exact) mass is 210 g/mol. The molecule has 0 atom stereocenters. The van der Waals surface area contributed by atoms with Crippen molar-refractivity contribution < 1.29 is 4.79 Å². The van der Waals surface area contributed by atoms with Crippen LogP contribution in [0, 0.1) is 0 Å². The maximum Gasteiger partial charge on any atom is 0.148 e. The summed E-state index contributed by atoms with van der Waals surface area (Å²) in [6.45, 7) is 9.91. The van der Waals surface area contributed by atoms with E-state index in [9.17, 15) is 4.79 Å². The largest absolute Gasteiger partial charge is 0.377 e. The van der Waals surface area contributed by atoms with E-state index in [2.05, 4.69) is 10.3 Å². The van der Waals surface area contributed by atoms with Gasteiger partial charge in [0.05, 0.1) is 12.2 Å². The lowest BCUT2D eigenvalue weighted by molar-refractivity contribution is -0.115. The molecule has 1 rings (SSSR count). The lowest BCUT2D eigenvalue weighted by Crippen LogP contribution is -2.09. The topological polar surface area (TPSA) is 42.0 Å². The summed E-state index contributed by atoms with van der Waals surface area (Å²) in [7, 11) is 0. The number of nitrogens with one attached hydrogen (secondary N) is 1. The standard InChI is InChI=1S/C8H10N2O.2C2H6/c1-7(11)5-10-8-3-2-4-9-6-8;2*1-2/h2-4,6,10H,5H2,1H3;2*1-2H3. The molecule has 0 saturated carbocycles. The van der Waals surface area contributed by atoms with Crippen LogP contribution in [0.3, 0.4) is 0 Å². The summed E-state index contributed by atoms with van der Waals surface area (Å²) in [4.78, 5) is 14.4. The van der Waals surface area contributed by atoms with E-state index >= 15 is 0 Å². The number of pyridine rings is 1. The van der Waals surface area contributed by atoms with Crippen LogP contribution in [0.1, 0.15) is 34.6 Å². The molecule has 86 valence electrons. The highest BCUT2D eigenvalue weighted by molar-refractivity contribution is 5.80. The molecule has 3 nitrogen and oxygen atoms in total. The zero-order chi connectivity index (χ0) is 12.1. The first kappa shape index (κ1) is 16.1. The van der Waals surface area contributed by atoms with Crippen LogP contribution in [0.4, 0.5) is 5.69 Å². The number of rotatable bonds is 3. The summed E-state index contributed by atoms with van der Waals surface area (Å²) >= 11 is 0. The minimum Gasteiger partial charge on any atom is -0.377 e. The van der Waals surface area contributed by atoms with Crippen LogP contribution in [0.25, 0.3) is 0 Å². The van der Waals surface area contributed by atoms with Crippen molar-refractivity contribution in [3.05, 3.63) is 24.5 Å². The summed E-state index contributed by atoms with van der Waals surface area (Å²) in [5.41, 5.74) is 0.878. The summed E-state index contributed by atoms with van der Waals surface area (Å²) in [6.07, 6.45) is 3.38. The van der Waals surface area contributed by atoms with Gasteiger partial charge >= 0.3 is 0 Å². The predicted molar refractivity (Wildman–Crippen MR) is 66.1 cm³/mol. The van der Waals surface area contributed by atoms with Crippen LogP contribution < -0.4 is 5.32 Å². The van der Waals surface area contributed by atoms with Gasteiger partial charge in [0, 0.05) is 12.4 Å². The Morgan fingerprint density at radius 2 is 1.93 bits per heavy atom.